The van der Waals surface area contributed by atoms with Crippen LogP contribution in [0.25, 0.3) is 0 Å². The van der Waals surface area contributed by atoms with Crippen LogP contribution < -0.4 is 5.32 Å². The highest BCUT2D eigenvalue weighted by Crippen LogP contribution is 2.22. The van der Waals surface area contributed by atoms with Gasteiger partial charge in [0.1, 0.15) is 5.60 Å². The predicted molar refractivity (Wildman–Crippen MR) is 78.3 cm³/mol. The lowest BCUT2D eigenvalue weighted by Crippen LogP contribution is -2.43. The Labute approximate surface area is 117 Å². The number of likely N-dealkylation sites (tertiary alicyclic amines) is 1. The van der Waals surface area contributed by atoms with Crippen molar-refractivity contribution in [1.29, 1.82) is 0 Å². The van der Waals surface area contributed by atoms with Crippen molar-refractivity contribution in [3.8, 4) is 0 Å². The zero-order valence-electron chi connectivity index (χ0n) is 13.2. The number of nitrogens with zero attached hydrogens (tertiary/aromatic N) is 1. The fourth-order valence-corrected chi connectivity index (χ4v) is 2.77. The van der Waals surface area contributed by atoms with Gasteiger partial charge >= 0.3 is 6.09 Å². The summed E-state index contributed by atoms with van der Waals surface area (Å²) in [6, 6.07) is 0.489. The van der Waals surface area contributed by atoms with Gasteiger partial charge in [-0.2, -0.15) is 0 Å². The van der Waals surface area contributed by atoms with E-state index in [1.807, 2.05) is 32.7 Å². The SMILES string of the molecule is CCC(NC)C1CCCCN(C(=O)OC(C)(C)C)C1. The van der Waals surface area contributed by atoms with Gasteiger partial charge in [-0.25, -0.2) is 4.79 Å². The molecule has 0 radical (unpaired) electrons. The molecular weight excluding hydrogens is 240 g/mol. The van der Waals surface area contributed by atoms with Gasteiger partial charge in [0, 0.05) is 19.1 Å². The van der Waals surface area contributed by atoms with Gasteiger partial charge in [0.05, 0.1) is 0 Å². The van der Waals surface area contributed by atoms with Crippen molar-refractivity contribution in [2.45, 2.75) is 65.0 Å². The van der Waals surface area contributed by atoms with Gasteiger partial charge in [-0.15, -0.1) is 0 Å². The lowest BCUT2D eigenvalue weighted by molar-refractivity contribution is 0.0225. The maximum absolute atomic E-state index is 12.2. The van der Waals surface area contributed by atoms with Crippen molar-refractivity contribution in [2.75, 3.05) is 20.1 Å². The molecule has 1 aliphatic rings. The van der Waals surface area contributed by atoms with E-state index in [1.54, 1.807) is 0 Å². The molecule has 0 bridgehead atoms. The molecule has 2 unspecified atom stereocenters. The Bertz CT molecular complexity index is 282. The zero-order chi connectivity index (χ0) is 14.5. The minimum Gasteiger partial charge on any atom is -0.444 e. The lowest BCUT2D eigenvalue weighted by atomic mass is 9.93. The fourth-order valence-electron chi connectivity index (χ4n) is 2.77. The van der Waals surface area contributed by atoms with E-state index >= 15 is 0 Å². The van der Waals surface area contributed by atoms with Gasteiger partial charge in [-0.3, -0.25) is 0 Å². The molecule has 1 heterocycles. The van der Waals surface area contributed by atoms with Crippen LogP contribution in [0, 0.1) is 5.92 Å². The summed E-state index contributed by atoms with van der Waals surface area (Å²) in [6.07, 6.45) is 4.41. The predicted octanol–water partition coefficient (Wildman–Crippen LogP) is 3.02. The second-order valence-electron chi connectivity index (χ2n) is 6.49. The standard InChI is InChI=1S/C15H30N2O2/c1-6-13(16-5)12-9-7-8-10-17(11-12)14(18)19-15(2,3)4/h12-13,16H,6-11H2,1-5H3. The molecule has 4 nitrogen and oxygen atoms in total. The molecular formula is C15H30N2O2. The molecule has 1 rings (SSSR count). The van der Waals surface area contributed by atoms with Gasteiger partial charge in [0.25, 0.3) is 0 Å². The molecule has 0 spiro atoms. The van der Waals surface area contributed by atoms with Crippen LogP contribution in [0.2, 0.25) is 0 Å². The summed E-state index contributed by atoms with van der Waals surface area (Å²) < 4.78 is 5.49. The number of amides is 1. The third-order valence-corrected chi connectivity index (χ3v) is 3.74. The van der Waals surface area contributed by atoms with E-state index in [1.165, 1.54) is 12.8 Å². The first-order valence-electron chi connectivity index (χ1n) is 7.52. The molecule has 0 aliphatic carbocycles. The summed E-state index contributed by atoms with van der Waals surface area (Å²) in [5.74, 6) is 0.532. The molecule has 1 amide bonds. The molecule has 19 heavy (non-hydrogen) atoms. The number of carbonyl (C=O) groups excluding carboxylic acids is 1. The summed E-state index contributed by atoms with van der Waals surface area (Å²) in [4.78, 5) is 14.1. The number of ether oxygens (including phenoxy) is 1. The molecule has 1 aliphatic heterocycles. The number of hydrogen-bond donors (Lipinski definition) is 1. The summed E-state index contributed by atoms with van der Waals surface area (Å²) in [6.45, 7) is 9.59. The normalized spacial score (nSPS) is 22.8. The van der Waals surface area contributed by atoms with E-state index in [0.29, 0.717) is 12.0 Å². The highest BCUT2D eigenvalue weighted by Gasteiger charge is 2.29. The quantitative estimate of drug-likeness (QED) is 0.857. The molecule has 2 atom stereocenters. The van der Waals surface area contributed by atoms with Crippen molar-refractivity contribution in [1.82, 2.24) is 10.2 Å². The Balaban J connectivity index is 2.65. The Kier molecular flexibility index (Phi) is 6.11. The van der Waals surface area contributed by atoms with Gasteiger partial charge in [-0.1, -0.05) is 13.3 Å². The smallest absolute Gasteiger partial charge is 0.410 e. The molecule has 1 N–H and O–H groups in total. The minimum absolute atomic E-state index is 0.162. The first-order chi connectivity index (χ1) is 8.87. The molecule has 0 saturated carbocycles. The lowest BCUT2D eigenvalue weighted by Gasteiger charge is -2.31. The molecule has 4 heteroatoms. The monoisotopic (exact) mass is 270 g/mol. The van der Waals surface area contributed by atoms with E-state index in [9.17, 15) is 4.79 Å². The highest BCUT2D eigenvalue weighted by atomic mass is 16.6. The van der Waals surface area contributed by atoms with E-state index in [2.05, 4.69) is 12.2 Å². The van der Waals surface area contributed by atoms with Crippen LogP contribution in [-0.2, 0) is 4.74 Å². The van der Waals surface area contributed by atoms with Crippen molar-refractivity contribution in [3.63, 3.8) is 0 Å². The van der Waals surface area contributed by atoms with Crippen LogP contribution in [0.1, 0.15) is 53.4 Å². The summed E-state index contributed by atoms with van der Waals surface area (Å²) >= 11 is 0. The third kappa shape index (κ3) is 5.39. The van der Waals surface area contributed by atoms with Gasteiger partial charge in [0.15, 0.2) is 0 Å². The van der Waals surface area contributed by atoms with Crippen LogP contribution in [0.4, 0.5) is 4.79 Å². The van der Waals surface area contributed by atoms with Gasteiger partial charge in [-0.05, 0) is 53.0 Å². The highest BCUT2D eigenvalue weighted by molar-refractivity contribution is 5.68. The first kappa shape index (κ1) is 16.3. The Morgan fingerprint density at radius 3 is 2.63 bits per heavy atom. The molecule has 0 aromatic rings. The fraction of sp³-hybridized carbons (Fsp3) is 0.933. The molecule has 112 valence electrons. The average Bonchev–Trinajstić information content (AvgIpc) is 2.54. The largest absolute Gasteiger partial charge is 0.444 e. The zero-order valence-corrected chi connectivity index (χ0v) is 13.2. The minimum atomic E-state index is -0.411. The summed E-state index contributed by atoms with van der Waals surface area (Å²) in [5.41, 5.74) is -0.411. The number of carbonyl (C=O) groups is 1. The Hall–Kier alpha value is -0.770. The number of rotatable bonds is 3. The second-order valence-corrected chi connectivity index (χ2v) is 6.49. The Morgan fingerprint density at radius 1 is 1.42 bits per heavy atom. The van der Waals surface area contributed by atoms with Crippen LogP contribution in [0.5, 0.6) is 0 Å². The van der Waals surface area contributed by atoms with Gasteiger partial charge < -0.3 is 15.0 Å². The Morgan fingerprint density at radius 2 is 2.11 bits per heavy atom. The van der Waals surface area contributed by atoms with E-state index < -0.39 is 5.60 Å². The van der Waals surface area contributed by atoms with Crippen LogP contribution in [0.3, 0.4) is 0 Å². The van der Waals surface area contributed by atoms with E-state index in [-0.39, 0.29) is 6.09 Å². The van der Waals surface area contributed by atoms with E-state index in [4.69, 9.17) is 4.74 Å². The summed E-state index contributed by atoms with van der Waals surface area (Å²) in [7, 11) is 2.01. The van der Waals surface area contributed by atoms with Crippen molar-refractivity contribution < 1.29 is 9.53 Å². The maximum atomic E-state index is 12.2. The van der Waals surface area contributed by atoms with E-state index in [0.717, 1.165) is 25.9 Å². The first-order valence-corrected chi connectivity index (χ1v) is 7.52. The van der Waals surface area contributed by atoms with Crippen LogP contribution in [-0.4, -0.2) is 42.8 Å². The van der Waals surface area contributed by atoms with Crippen LogP contribution >= 0.6 is 0 Å². The molecule has 0 aromatic carbocycles. The number of nitrogens with one attached hydrogen (secondary N) is 1. The topological polar surface area (TPSA) is 41.6 Å². The number of hydrogen-bond acceptors (Lipinski definition) is 3. The van der Waals surface area contributed by atoms with Gasteiger partial charge in [0.2, 0.25) is 0 Å². The molecule has 0 aromatic heterocycles. The van der Waals surface area contributed by atoms with Crippen molar-refractivity contribution in [2.24, 2.45) is 5.92 Å². The van der Waals surface area contributed by atoms with Crippen molar-refractivity contribution >= 4 is 6.09 Å². The third-order valence-electron chi connectivity index (χ3n) is 3.74. The molecule has 1 fully saturated rings. The maximum Gasteiger partial charge on any atom is 0.410 e. The van der Waals surface area contributed by atoms with Crippen molar-refractivity contribution in [3.05, 3.63) is 0 Å². The van der Waals surface area contributed by atoms with Crippen LogP contribution in [0.15, 0.2) is 0 Å². The second kappa shape index (κ2) is 7.13. The average molecular weight is 270 g/mol. The summed E-state index contributed by atoms with van der Waals surface area (Å²) in [5, 5.41) is 3.38. The molecule has 1 saturated heterocycles.